The molecule has 0 bridgehead atoms. The summed E-state index contributed by atoms with van der Waals surface area (Å²) >= 11 is 7.51. The van der Waals surface area contributed by atoms with Crippen LogP contribution in [0, 0.1) is 0 Å². The van der Waals surface area contributed by atoms with E-state index in [0.29, 0.717) is 23.2 Å². The van der Waals surface area contributed by atoms with Crippen LogP contribution in [0.25, 0.3) is 10.7 Å². The molecule has 6 nitrogen and oxygen atoms in total. The van der Waals surface area contributed by atoms with Crippen LogP contribution >= 0.6 is 22.9 Å². The molecule has 0 N–H and O–H groups in total. The molecule has 1 amide bonds. The molecule has 1 saturated heterocycles. The van der Waals surface area contributed by atoms with Crippen molar-refractivity contribution >= 4 is 28.8 Å². The first-order valence-electron chi connectivity index (χ1n) is 9.78. The van der Waals surface area contributed by atoms with E-state index in [2.05, 4.69) is 15.0 Å². The van der Waals surface area contributed by atoms with E-state index in [1.807, 2.05) is 46.7 Å². The van der Waals surface area contributed by atoms with E-state index in [1.54, 1.807) is 11.3 Å². The van der Waals surface area contributed by atoms with Gasteiger partial charge >= 0.3 is 0 Å². The first-order valence-corrected chi connectivity index (χ1v) is 11.0. The Balaban J connectivity index is 1.17. The number of nitrogens with zero attached hydrogens (tertiary/aromatic N) is 4. The SMILES string of the molecule is O=C(Cc1ccc(Cl)cc1)N1CCN(CCCc2nc(-c3cccs3)no2)CC1. The molecule has 0 atom stereocenters. The fourth-order valence-corrected chi connectivity index (χ4v) is 4.20. The lowest BCUT2D eigenvalue weighted by Crippen LogP contribution is -2.49. The molecule has 0 aliphatic carbocycles. The molecular weight excluding hydrogens is 408 g/mol. The predicted molar refractivity (Wildman–Crippen MR) is 114 cm³/mol. The zero-order chi connectivity index (χ0) is 20.1. The molecule has 152 valence electrons. The number of thiophene rings is 1. The van der Waals surface area contributed by atoms with Crippen molar-refractivity contribution < 1.29 is 9.32 Å². The fraction of sp³-hybridized carbons (Fsp3) is 0.381. The number of carbonyl (C=O) groups excluding carboxylic acids is 1. The summed E-state index contributed by atoms with van der Waals surface area (Å²) in [6, 6.07) is 11.5. The molecule has 4 rings (SSSR count). The number of halogens is 1. The predicted octanol–water partition coefficient (Wildman–Crippen LogP) is 3.77. The number of benzene rings is 1. The first kappa shape index (κ1) is 20.1. The second-order valence-corrected chi connectivity index (χ2v) is 8.50. The van der Waals surface area contributed by atoms with Crippen LogP contribution in [0.2, 0.25) is 5.02 Å². The molecule has 0 unspecified atom stereocenters. The third-order valence-corrected chi connectivity index (χ3v) is 6.19. The summed E-state index contributed by atoms with van der Waals surface area (Å²) in [6.07, 6.45) is 2.17. The highest BCUT2D eigenvalue weighted by molar-refractivity contribution is 7.13. The maximum Gasteiger partial charge on any atom is 0.227 e. The number of hydrogen-bond donors (Lipinski definition) is 0. The average molecular weight is 431 g/mol. The standard InChI is InChI=1S/C21H23ClN4O2S/c22-17-7-5-16(6-8-17)15-20(27)26-12-10-25(11-13-26)9-1-4-19-23-21(24-28-19)18-3-2-14-29-18/h2-3,5-8,14H,1,4,9-13,15H2. The van der Waals surface area contributed by atoms with Gasteiger partial charge in [0.25, 0.3) is 0 Å². The Kier molecular flexibility index (Phi) is 6.59. The first-order chi connectivity index (χ1) is 14.2. The average Bonchev–Trinajstić information content (AvgIpc) is 3.42. The number of aromatic nitrogens is 2. The number of piperazine rings is 1. The van der Waals surface area contributed by atoms with Crippen molar-refractivity contribution in [1.29, 1.82) is 0 Å². The largest absolute Gasteiger partial charge is 0.340 e. The van der Waals surface area contributed by atoms with Crippen LogP contribution in [0.1, 0.15) is 17.9 Å². The van der Waals surface area contributed by atoms with Crippen molar-refractivity contribution in [2.75, 3.05) is 32.7 Å². The Bertz CT molecular complexity index is 919. The smallest absolute Gasteiger partial charge is 0.227 e. The van der Waals surface area contributed by atoms with Crippen molar-refractivity contribution in [1.82, 2.24) is 19.9 Å². The maximum absolute atomic E-state index is 12.5. The Labute approximate surface area is 179 Å². The summed E-state index contributed by atoms with van der Waals surface area (Å²) in [6.45, 7) is 4.31. The van der Waals surface area contributed by atoms with Gasteiger partial charge in [0.2, 0.25) is 17.6 Å². The van der Waals surface area contributed by atoms with Crippen molar-refractivity contribution in [2.45, 2.75) is 19.3 Å². The minimum atomic E-state index is 0.180. The van der Waals surface area contributed by atoms with E-state index in [-0.39, 0.29) is 5.91 Å². The van der Waals surface area contributed by atoms with Gasteiger partial charge in [-0.2, -0.15) is 4.98 Å². The van der Waals surface area contributed by atoms with Crippen LogP contribution < -0.4 is 0 Å². The van der Waals surface area contributed by atoms with Gasteiger partial charge in [-0.05, 0) is 42.1 Å². The molecule has 3 heterocycles. The van der Waals surface area contributed by atoms with Crippen molar-refractivity contribution in [3.63, 3.8) is 0 Å². The van der Waals surface area contributed by atoms with Crippen LogP contribution in [0.5, 0.6) is 0 Å². The van der Waals surface area contributed by atoms with Gasteiger partial charge in [0.1, 0.15) is 0 Å². The number of hydrogen-bond acceptors (Lipinski definition) is 6. The van der Waals surface area contributed by atoms with E-state index in [4.69, 9.17) is 16.1 Å². The fourth-order valence-electron chi connectivity index (χ4n) is 3.43. The lowest BCUT2D eigenvalue weighted by Gasteiger charge is -2.34. The highest BCUT2D eigenvalue weighted by Crippen LogP contribution is 2.21. The number of carbonyl (C=O) groups is 1. The third kappa shape index (κ3) is 5.44. The summed E-state index contributed by atoms with van der Waals surface area (Å²) < 4.78 is 5.36. The molecule has 1 aliphatic heterocycles. The van der Waals surface area contributed by atoms with Crippen LogP contribution in [-0.4, -0.2) is 58.6 Å². The molecule has 1 fully saturated rings. The van der Waals surface area contributed by atoms with Crippen molar-refractivity contribution in [3.05, 3.63) is 58.3 Å². The zero-order valence-electron chi connectivity index (χ0n) is 16.1. The second kappa shape index (κ2) is 9.52. The van der Waals surface area contributed by atoms with Gasteiger partial charge < -0.3 is 9.42 Å². The van der Waals surface area contributed by atoms with Gasteiger partial charge in [0, 0.05) is 37.6 Å². The number of rotatable bonds is 7. The summed E-state index contributed by atoms with van der Waals surface area (Å²) in [5.74, 6) is 1.53. The van der Waals surface area contributed by atoms with Crippen LogP contribution in [-0.2, 0) is 17.6 Å². The van der Waals surface area contributed by atoms with E-state index in [0.717, 1.165) is 56.0 Å². The van der Waals surface area contributed by atoms with Gasteiger partial charge in [-0.3, -0.25) is 9.69 Å². The summed E-state index contributed by atoms with van der Waals surface area (Å²) in [5.41, 5.74) is 1.00. The Morgan fingerprint density at radius 2 is 1.93 bits per heavy atom. The summed E-state index contributed by atoms with van der Waals surface area (Å²) in [7, 11) is 0. The van der Waals surface area contributed by atoms with Gasteiger partial charge in [0.15, 0.2) is 0 Å². The van der Waals surface area contributed by atoms with Crippen LogP contribution in [0.4, 0.5) is 0 Å². The maximum atomic E-state index is 12.5. The van der Waals surface area contributed by atoms with Crippen LogP contribution in [0.15, 0.2) is 46.3 Å². The summed E-state index contributed by atoms with van der Waals surface area (Å²) in [4.78, 5) is 22.3. The highest BCUT2D eigenvalue weighted by Gasteiger charge is 2.21. The van der Waals surface area contributed by atoms with Gasteiger partial charge in [-0.25, -0.2) is 0 Å². The molecule has 3 aromatic rings. The lowest BCUT2D eigenvalue weighted by molar-refractivity contribution is -0.132. The molecule has 2 aromatic heterocycles. The van der Waals surface area contributed by atoms with Crippen molar-refractivity contribution in [2.24, 2.45) is 0 Å². The molecular formula is C21H23ClN4O2S. The molecule has 0 radical (unpaired) electrons. The molecule has 29 heavy (non-hydrogen) atoms. The number of aryl methyl sites for hydroxylation is 1. The Morgan fingerprint density at radius 1 is 1.14 bits per heavy atom. The van der Waals surface area contributed by atoms with Gasteiger partial charge in [-0.1, -0.05) is 35.0 Å². The Morgan fingerprint density at radius 3 is 2.66 bits per heavy atom. The van der Waals surface area contributed by atoms with E-state index in [1.165, 1.54) is 0 Å². The van der Waals surface area contributed by atoms with E-state index >= 15 is 0 Å². The topological polar surface area (TPSA) is 62.5 Å². The molecule has 1 aliphatic rings. The van der Waals surface area contributed by atoms with Crippen molar-refractivity contribution in [3.8, 4) is 10.7 Å². The quantitative estimate of drug-likeness (QED) is 0.571. The highest BCUT2D eigenvalue weighted by atomic mass is 35.5. The molecule has 1 aromatic carbocycles. The third-order valence-electron chi connectivity index (χ3n) is 5.07. The molecule has 0 spiro atoms. The Hall–Kier alpha value is -2.22. The zero-order valence-corrected chi connectivity index (χ0v) is 17.7. The minimum Gasteiger partial charge on any atom is -0.340 e. The number of amides is 1. The van der Waals surface area contributed by atoms with Crippen LogP contribution in [0.3, 0.4) is 0 Å². The summed E-state index contributed by atoms with van der Waals surface area (Å²) in [5, 5.41) is 6.75. The molecule has 0 saturated carbocycles. The van der Waals surface area contributed by atoms with E-state index in [9.17, 15) is 4.79 Å². The second-order valence-electron chi connectivity index (χ2n) is 7.12. The lowest BCUT2D eigenvalue weighted by atomic mass is 10.1. The van der Waals surface area contributed by atoms with E-state index < -0.39 is 0 Å². The normalized spacial score (nSPS) is 15.0. The minimum absolute atomic E-state index is 0.180. The van der Waals surface area contributed by atoms with Gasteiger partial charge in [-0.15, -0.1) is 11.3 Å². The monoisotopic (exact) mass is 430 g/mol. The molecule has 8 heteroatoms. The van der Waals surface area contributed by atoms with Gasteiger partial charge in [0.05, 0.1) is 11.3 Å².